The predicted octanol–water partition coefficient (Wildman–Crippen LogP) is 0.897. The van der Waals surface area contributed by atoms with Crippen molar-refractivity contribution in [2.75, 3.05) is 6.61 Å². The lowest BCUT2D eigenvalue weighted by Gasteiger charge is -2.25. The number of rotatable bonds is 7. The highest BCUT2D eigenvalue weighted by Gasteiger charge is 2.44. The average Bonchev–Trinajstić information content (AvgIpc) is 2.86. The summed E-state index contributed by atoms with van der Waals surface area (Å²) in [4.78, 5) is 21.8. The van der Waals surface area contributed by atoms with Gasteiger partial charge < -0.3 is 14.9 Å². The Bertz CT molecular complexity index is 282. The molecule has 5 heteroatoms. The van der Waals surface area contributed by atoms with Crippen LogP contribution in [-0.4, -0.2) is 34.9 Å². The molecule has 0 saturated carbocycles. The number of hydrogen-bond acceptors (Lipinski definition) is 3. The van der Waals surface area contributed by atoms with Gasteiger partial charge in [-0.15, -0.1) is 6.58 Å². The molecule has 1 rings (SSSR count). The number of carbonyl (C=O) groups is 2. The van der Waals surface area contributed by atoms with Gasteiger partial charge in [0.25, 0.3) is 0 Å². The molecule has 5 nitrogen and oxygen atoms in total. The fraction of sp³-hybridized carbons (Fsp3) is 0.600. The number of epoxide rings is 1. The molecule has 2 N–H and O–H groups in total. The maximum Gasteiger partial charge on any atom is 0.310 e. The van der Waals surface area contributed by atoms with Crippen LogP contribution in [0.5, 0.6) is 0 Å². The summed E-state index contributed by atoms with van der Waals surface area (Å²) >= 11 is 0. The van der Waals surface area contributed by atoms with E-state index in [9.17, 15) is 9.59 Å². The van der Waals surface area contributed by atoms with E-state index in [2.05, 4.69) is 6.58 Å². The summed E-state index contributed by atoms with van der Waals surface area (Å²) in [6.45, 7) is 3.99. The van der Waals surface area contributed by atoms with Crippen molar-refractivity contribution in [2.45, 2.75) is 25.4 Å². The molecule has 2 atom stereocenters. The van der Waals surface area contributed by atoms with E-state index >= 15 is 0 Å². The summed E-state index contributed by atoms with van der Waals surface area (Å²) in [5, 5.41) is 17.8. The van der Waals surface area contributed by atoms with E-state index in [4.69, 9.17) is 14.9 Å². The van der Waals surface area contributed by atoms with Crippen LogP contribution in [0, 0.1) is 5.41 Å². The van der Waals surface area contributed by atoms with Gasteiger partial charge in [0.1, 0.15) is 0 Å². The fourth-order valence-electron chi connectivity index (χ4n) is 1.67. The van der Waals surface area contributed by atoms with E-state index in [1.807, 2.05) is 0 Å². The Hall–Kier alpha value is -1.36. The summed E-state index contributed by atoms with van der Waals surface area (Å²) in [5.41, 5.74) is -1.27. The quantitative estimate of drug-likeness (QED) is 0.485. The van der Waals surface area contributed by atoms with Crippen molar-refractivity contribution >= 4 is 11.9 Å². The molecule has 0 bridgehead atoms. The largest absolute Gasteiger partial charge is 0.481 e. The van der Waals surface area contributed by atoms with Gasteiger partial charge in [-0.25, -0.2) is 0 Å². The lowest BCUT2D eigenvalue weighted by molar-refractivity contribution is -0.156. The van der Waals surface area contributed by atoms with Crippen LogP contribution in [0.4, 0.5) is 0 Å². The summed E-state index contributed by atoms with van der Waals surface area (Å²) in [5.74, 6) is -2.21. The normalized spacial score (nSPS) is 22.8. The number of aliphatic carboxylic acids is 2. The van der Waals surface area contributed by atoms with Crippen LogP contribution < -0.4 is 0 Å². The second-order valence-electron chi connectivity index (χ2n) is 3.81. The summed E-state index contributed by atoms with van der Waals surface area (Å²) in [6, 6.07) is 0. The molecule has 1 heterocycles. The van der Waals surface area contributed by atoms with Crippen LogP contribution in [-0.2, 0) is 14.3 Å². The zero-order valence-corrected chi connectivity index (χ0v) is 8.31. The molecule has 0 radical (unpaired) electrons. The zero-order chi connectivity index (χ0) is 11.5. The van der Waals surface area contributed by atoms with Crippen molar-refractivity contribution in [1.29, 1.82) is 0 Å². The van der Waals surface area contributed by atoms with Crippen molar-refractivity contribution < 1.29 is 24.5 Å². The first-order valence-electron chi connectivity index (χ1n) is 4.68. The molecule has 0 amide bonds. The highest BCUT2D eigenvalue weighted by atomic mass is 16.6. The van der Waals surface area contributed by atoms with E-state index < -0.39 is 23.8 Å². The minimum absolute atomic E-state index is 0.111. The molecule has 1 aliphatic heterocycles. The molecule has 2 unspecified atom stereocenters. The Balaban J connectivity index is 2.79. The SMILES string of the molecule is C=CCC(CC(=O)O)(CC1CO1)C(=O)O. The summed E-state index contributed by atoms with van der Waals surface area (Å²) < 4.78 is 4.95. The Morgan fingerprint density at radius 2 is 2.13 bits per heavy atom. The van der Waals surface area contributed by atoms with Crippen molar-refractivity contribution in [3.63, 3.8) is 0 Å². The standard InChI is InChI=1S/C10H14O5/c1-2-3-10(9(13)14,5-8(11)12)4-7-6-15-7/h2,7H,1,3-6H2,(H,11,12)(H,13,14). The first-order valence-corrected chi connectivity index (χ1v) is 4.68. The maximum absolute atomic E-state index is 11.1. The van der Waals surface area contributed by atoms with E-state index in [-0.39, 0.29) is 18.9 Å². The first-order chi connectivity index (χ1) is 7.00. The van der Waals surface area contributed by atoms with Crippen LogP contribution in [0.3, 0.4) is 0 Å². The number of carboxylic acids is 2. The van der Waals surface area contributed by atoms with Crippen LogP contribution in [0.25, 0.3) is 0 Å². The third-order valence-corrected chi connectivity index (χ3v) is 2.50. The zero-order valence-electron chi connectivity index (χ0n) is 8.31. The minimum atomic E-state index is -1.27. The predicted molar refractivity (Wildman–Crippen MR) is 51.5 cm³/mol. The van der Waals surface area contributed by atoms with Gasteiger partial charge in [-0.1, -0.05) is 6.08 Å². The first kappa shape index (κ1) is 11.7. The Kier molecular flexibility index (Phi) is 3.47. The molecule has 0 aromatic heterocycles. The van der Waals surface area contributed by atoms with Gasteiger partial charge in [0, 0.05) is 0 Å². The van der Waals surface area contributed by atoms with Crippen molar-refractivity contribution in [2.24, 2.45) is 5.41 Å². The lowest BCUT2D eigenvalue weighted by Crippen LogP contribution is -2.34. The van der Waals surface area contributed by atoms with Crippen LogP contribution >= 0.6 is 0 Å². The molecule has 0 spiro atoms. The van der Waals surface area contributed by atoms with Crippen LogP contribution in [0.15, 0.2) is 12.7 Å². The minimum Gasteiger partial charge on any atom is -0.481 e. The van der Waals surface area contributed by atoms with E-state index in [1.54, 1.807) is 0 Å². The highest BCUT2D eigenvalue weighted by Crippen LogP contribution is 2.37. The second kappa shape index (κ2) is 4.44. The third-order valence-electron chi connectivity index (χ3n) is 2.50. The molecule has 0 aromatic rings. The maximum atomic E-state index is 11.1. The molecule has 0 aromatic carbocycles. The van der Waals surface area contributed by atoms with E-state index in [0.29, 0.717) is 6.61 Å². The lowest BCUT2D eigenvalue weighted by atomic mass is 9.77. The highest BCUT2D eigenvalue weighted by molar-refractivity contribution is 5.81. The Labute approximate surface area is 87.4 Å². The molecule has 0 aliphatic carbocycles. The van der Waals surface area contributed by atoms with Crippen molar-refractivity contribution in [3.8, 4) is 0 Å². The van der Waals surface area contributed by atoms with Crippen LogP contribution in [0.1, 0.15) is 19.3 Å². The number of carboxylic acid groups (broad SMARTS) is 2. The van der Waals surface area contributed by atoms with Crippen molar-refractivity contribution in [1.82, 2.24) is 0 Å². The van der Waals surface area contributed by atoms with Gasteiger partial charge in [-0.05, 0) is 12.8 Å². The van der Waals surface area contributed by atoms with E-state index in [0.717, 1.165) is 0 Å². The van der Waals surface area contributed by atoms with Gasteiger partial charge in [0.15, 0.2) is 0 Å². The fourth-order valence-corrected chi connectivity index (χ4v) is 1.67. The number of allylic oxidation sites excluding steroid dienone is 1. The van der Waals surface area contributed by atoms with Gasteiger partial charge >= 0.3 is 11.9 Å². The van der Waals surface area contributed by atoms with Crippen molar-refractivity contribution in [3.05, 3.63) is 12.7 Å². The summed E-state index contributed by atoms with van der Waals surface area (Å²) in [6.07, 6.45) is 1.32. The second-order valence-corrected chi connectivity index (χ2v) is 3.81. The molecule has 1 aliphatic rings. The summed E-state index contributed by atoms with van der Waals surface area (Å²) in [7, 11) is 0. The smallest absolute Gasteiger partial charge is 0.310 e. The molecule has 1 fully saturated rings. The Morgan fingerprint density at radius 1 is 1.53 bits per heavy atom. The van der Waals surface area contributed by atoms with E-state index in [1.165, 1.54) is 6.08 Å². The van der Waals surface area contributed by atoms with Gasteiger partial charge in [-0.2, -0.15) is 0 Å². The third kappa shape index (κ3) is 3.06. The van der Waals surface area contributed by atoms with Gasteiger partial charge in [-0.3, -0.25) is 9.59 Å². The topological polar surface area (TPSA) is 87.1 Å². The van der Waals surface area contributed by atoms with Crippen LogP contribution in [0.2, 0.25) is 0 Å². The number of hydrogen-bond donors (Lipinski definition) is 2. The molecule has 15 heavy (non-hydrogen) atoms. The number of ether oxygens (including phenoxy) is 1. The van der Waals surface area contributed by atoms with Gasteiger partial charge in [0.05, 0.1) is 24.5 Å². The van der Waals surface area contributed by atoms with Gasteiger partial charge in [0.2, 0.25) is 0 Å². The molecule has 1 saturated heterocycles. The average molecular weight is 214 g/mol. The molecule has 84 valence electrons. The monoisotopic (exact) mass is 214 g/mol. The molecular weight excluding hydrogens is 200 g/mol. The molecular formula is C10H14O5. The Morgan fingerprint density at radius 3 is 2.47 bits per heavy atom.